The summed E-state index contributed by atoms with van der Waals surface area (Å²) in [6.45, 7) is 6.83. The van der Waals surface area contributed by atoms with Gasteiger partial charge in [0.15, 0.2) is 0 Å². The molecule has 0 saturated carbocycles. The maximum atomic E-state index is 2.45. The van der Waals surface area contributed by atoms with E-state index in [9.17, 15) is 0 Å². The van der Waals surface area contributed by atoms with Crippen LogP contribution in [0.3, 0.4) is 0 Å². The van der Waals surface area contributed by atoms with E-state index in [1.165, 1.54) is 83.1 Å². The van der Waals surface area contributed by atoms with Crippen LogP contribution in [-0.2, 0) is 10.8 Å². The summed E-state index contributed by atoms with van der Waals surface area (Å²) in [6.07, 6.45) is 0. The molecule has 0 bridgehead atoms. The number of hydrogen-bond donors (Lipinski definition) is 0. The molecule has 0 aromatic heterocycles. The molecule has 0 heterocycles. The summed E-state index contributed by atoms with van der Waals surface area (Å²) in [5.74, 6) is 0. The van der Waals surface area contributed by atoms with E-state index in [1.54, 1.807) is 0 Å². The van der Waals surface area contributed by atoms with Crippen LogP contribution in [0.4, 0.5) is 17.1 Å². The van der Waals surface area contributed by atoms with Crippen molar-refractivity contribution >= 4 is 27.8 Å². The summed E-state index contributed by atoms with van der Waals surface area (Å²) in [6, 6.07) is 89.6. The fraction of sp³-hybridized carbons (Fsp3) is 0.0794. The van der Waals surface area contributed by atoms with E-state index in [4.69, 9.17) is 0 Å². The Balaban J connectivity index is 1.07. The third-order valence-corrected chi connectivity index (χ3v) is 13.3. The molecule has 0 aliphatic heterocycles. The monoisotopic (exact) mass is 819 g/mol. The number of anilines is 3. The van der Waals surface area contributed by atoms with Gasteiger partial charge < -0.3 is 4.90 Å². The minimum absolute atomic E-state index is 0.0372. The van der Waals surface area contributed by atoms with Gasteiger partial charge in [0.1, 0.15) is 0 Å². The Labute approximate surface area is 377 Å². The summed E-state index contributed by atoms with van der Waals surface area (Å²) < 4.78 is 0. The van der Waals surface area contributed by atoms with E-state index < -0.39 is 5.41 Å². The lowest BCUT2D eigenvalue weighted by molar-refractivity contribution is 0.590. The lowest BCUT2D eigenvalue weighted by atomic mass is 9.67. The lowest BCUT2D eigenvalue weighted by Gasteiger charge is -2.34. The van der Waals surface area contributed by atoms with Gasteiger partial charge in [0.05, 0.1) is 11.1 Å². The average Bonchev–Trinajstić information content (AvgIpc) is 3.65. The molecule has 1 heteroatoms. The normalized spacial score (nSPS) is 12.7. The molecule has 0 spiro atoms. The molecule has 306 valence electrons. The van der Waals surface area contributed by atoms with Crippen LogP contribution >= 0.6 is 0 Å². The molecule has 0 N–H and O–H groups in total. The molecule has 0 saturated heterocycles. The first-order valence-corrected chi connectivity index (χ1v) is 22.4. The first kappa shape index (κ1) is 39.1. The Hall–Kier alpha value is -7.74. The second kappa shape index (κ2) is 15.9. The molecule has 11 rings (SSSR count). The number of benzene rings is 10. The molecule has 0 amide bonds. The van der Waals surface area contributed by atoms with E-state index >= 15 is 0 Å². The maximum absolute atomic E-state index is 2.45. The van der Waals surface area contributed by atoms with Crippen LogP contribution in [0.2, 0.25) is 0 Å². The van der Waals surface area contributed by atoms with Crippen LogP contribution < -0.4 is 4.90 Å². The van der Waals surface area contributed by atoms with Crippen LogP contribution in [0.15, 0.2) is 243 Å². The summed E-state index contributed by atoms with van der Waals surface area (Å²) >= 11 is 0. The van der Waals surface area contributed by atoms with Crippen molar-refractivity contribution < 1.29 is 0 Å². The van der Waals surface area contributed by atoms with Crippen molar-refractivity contribution in [3.63, 3.8) is 0 Å². The minimum Gasteiger partial charge on any atom is -0.310 e. The van der Waals surface area contributed by atoms with Crippen molar-refractivity contribution in [3.05, 3.63) is 270 Å². The van der Waals surface area contributed by atoms with Crippen molar-refractivity contribution in [1.82, 2.24) is 0 Å². The van der Waals surface area contributed by atoms with Crippen molar-refractivity contribution in [3.8, 4) is 44.5 Å². The fourth-order valence-corrected chi connectivity index (χ4v) is 10.3. The van der Waals surface area contributed by atoms with Crippen LogP contribution in [0, 0.1) is 0 Å². The van der Waals surface area contributed by atoms with Gasteiger partial charge in [-0.3, -0.25) is 0 Å². The van der Waals surface area contributed by atoms with Crippen molar-refractivity contribution in [1.29, 1.82) is 0 Å². The number of fused-ring (bicyclic) bond motifs is 4. The molecule has 10 aromatic rings. The summed E-state index contributed by atoms with van der Waals surface area (Å²) in [4.78, 5) is 2.44. The molecule has 1 aliphatic carbocycles. The highest BCUT2D eigenvalue weighted by atomic mass is 15.1. The van der Waals surface area contributed by atoms with E-state index in [2.05, 4.69) is 268 Å². The predicted molar refractivity (Wildman–Crippen MR) is 271 cm³/mol. The van der Waals surface area contributed by atoms with E-state index in [0.29, 0.717) is 0 Å². The minimum atomic E-state index is -0.452. The smallest absolute Gasteiger partial charge is 0.0713 e. The van der Waals surface area contributed by atoms with Gasteiger partial charge in [0.25, 0.3) is 0 Å². The maximum Gasteiger partial charge on any atom is 0.0713 e. The third-order valence-electron chi connectivity index (χ3n) is 13.3. The zero-order valence-corrected chi connectivity index (χ0v) is 36.5. The van der Waals surface area contributed by atoms with Crippen LogP contribution in [-0.4, -0.2) is 0 Å². The average molecular weight is 820 g/mol. The van der Waals surface area contributed by atoms with Gasteiger partial charge in [0.2, 0.25) is 0 Å². The van der Waals surface area contributed by atoms with Crippen LogP contribution in [0.5, 0.6) is 0 Å². The van der Waals surface area contributed by atoms with Gasteiger partial charge in [-0.1, -0.05) is 227 Å². The Kier molecular flexibility index (Phi) is 9.70. The summed E-state index contributed by atoms with van der Waals surface area (Å²) in [5, 5.41) is 2.47. The zero-order chi connectivity index (χ0) is 43.3. The molecule has 1 aliphatic rings. The standard InChI is InChI=1S/C63H49N/c1-62(2,3)48-36-40-52(41-37-48)64(60-32-16-14-28-56(60)57-30-18-22-46-21-17-29-53(61(46)57)45-19-7-4-8-20-45)51-38-33-44(34-39-51)47-35-42-55-54-27-13-15-31-58(54)63(59(55)43-47,49-23-9-5-10-24-49)50-25-11-6-12-26-50/h4-43H,1-3H3. The number of rotatable bonds is 8. The van der Waals surface area contributed by atoms with Crippen molar-refractivity contribution in [2.24, 2.45) is 0 Å². The van der Waals surface area contributed by atoms with Gasteiger partial charge in [-0.2, -0.15) is 0 Å². The quantitative estimate of drug-likeness (QED) is 0.148. The molecule has 1 nitrogen and oxygen atoms in total. The number of para-hydroxylation sites is 1. The SMILES string of the molecule is CC(C)(C)c1ccc(N(c2ccc(-c3ccc4c(c3)C(c3ccccc3)(c3ccccc3)c3ccccc3-4)cc2)c2ccccc2-c2cccc3cccc(-c4ccccc4)c23)cc1. The van der Waals surface area contributed by atoms with Gasteiger partial charge in [-0.15, -0.1) is 0 Å². The van der Waals surface area contributed by atoms with Crippen molar-refractivity contribution in [2.75, 3.05) is 4.90 Å². The molecular weight excluding hydrogens is 771 g/mol. The highest BCUT2D eigenvalue weighted by Crippen LogP contribution is 2.57. The van der Waals surface area contributed by atoms with Gasteiger partial charge >= 0.3 is 0 Å². The van der Waals surface area contributed by atoms with E-state index in [0.717, 1.165) is 17.1 Å². The Morgan fingerprint density at radius 3 is 1.48 bits per heavy atom. The van der Waals surface area contributed by atoms with Crippen LogP contribution in [0.1, 0.15) is 48.6 Å². The second-order valence-corrected chi connectivity index (χ2v) is 18.1. The lowest BCUT2D eigenvalue weighted by Crippen LogP contribution is -2.28. The van der Waals surface area contributed by atoms with E-state index in [1.807, 2.05) is 0 Å². The topological polar surface area (TPSA) is 3.24 Å². The predicted octanol–water partition coefficient (Wildman–Crippen LogP) is 17.0. The molecule has 0 atom stereocenters. The molecule has 10 aromatic carbocycles. The zero-order valence-electron chi connectivity index (χ0n) is 36.5. The summed E-state index contributed by atoms with van der Waals surface area (Å²) in [7, 11) is 0. The van der Waals surface area contributed by atoms with E-state index in [-0.39, 0.29) is 5.41 Å². The molecule has 64 heavy (non-hydrogen) atoms. The molecule has 0 unspecified atom stereocenters. The Morgan fingerprint density at radius 1 is 0.344 bits per heavy atom. The first-order chi connectivity index (χ1) is 31.4. The molecule has 0 radical (unpaired) electrons. The fourth-order valence-electron chi connectivity index (χ4n) is 10.3. The highest BCUT2D eigenvalue weighted by molar-refractivity contribution is 6.08. The van der Waals surface area contributed by atoms with Gasteiger partial charge in [-0.05, 0) is 119 Å². The first-order valence-electron chi connectivity index (χ1n) is 22.4. The third kappa shape index (κ3) is 6.55. The second-order valence-electron chi connectivity index (χ2n) is 18.1. The van der Waals surface area contributed by atoms with Crippen LogP contribution in [0.25, 0.3) is 55.3 Å². The molecule has 0 fully saturated rings. The molecular formula is C63H49N. The van der Waals surface area contributed by atoms with Gasteiger partial charge in [-0.25, -0.2) is 0 Å². The van der Waals surface area contributed by atoms with Crippen molar-refractivity contribution in [2.45, 2.75) is 31.6 Å². The Morgan fingerprint density at radius 2 is 0.844 bits per heavy atom. The largest absolute Gasteiger partial charge is 0.310 e. The Bertz CT molecular complexity index is 3220. The highest BCUT2D eigenvalue weighted by Gasteiger charge is 2.46. The summed E-state index contributed by atoms with van der Waals surface area (Å²) in [5.41, 5.74) is 19.2. The number of nitrogens with zero attached hydrogens (tertiary/aromatic N) is 1. The van der Waals surface area contributed by atoms with Gasteiger partial charge in [0, 0.05) is 16.9 Å². The number of hydrogen-bond acceptors (Lipinski definition) is 1.